The number of carbonyl (C=O) groups is 3. The van der Waals surface area contributed by atoms with Gasteiger partial charge in [0.05, 0.1) is 17.8 Å². The molecule has 4 heterocycles. The zero-order valence-electron chi connectivity index (χ0n) is 25.7. The number of phenolic OH excluding ortho intramolecular Hbond substituents is 2. The van der Waals surface area contributed by atoms with Crippen LogP contribution in [0.25, 0.3) is 21.8 Å². The molecular weight excluding hydrogens is 653 g/mol. The first-order valence-corrected chi connectivity index (χ1v) is 15.8. The van der Waals surface area contributed by atoms with E-state index in [1.165, 1.54) is 18.2 Å². The number of aldehydes is 1. The largest absolute Gasteiger partial charge is 0.508 e. The molecule has 48 heavy (non-hydrogen) atoms. The van der Waals surface area contributed by atoms with E-state index in [4.69, 9.17) is 23.2 Å². The number of rotatable bonds is 5. The van der Waals surface area contributed by atoms with Gasteiger partial charge in [0.1, 0.15) is 11.5 Å². The van der Waals surface area contributed by atoms with E-state index < -0.39 is 6.04 Å². The Morgan fingerprint density at radius 1 is 0.708 bits per heavy atom. The zero-order valence-corrected chi connectivity index (χ0v) is 27.2. The van der Waals surface area contributed by atoms with Crippen LogP contribution in [0.3, 0.4) is 0 Å². The fraction of sp³-hybridized carbons (Fsp3) is 0.139. The van der Waals surface area contributed by atoms with Crippen molar-refractivity contribution in [1.82, 2.24) is 25.5 Å². The van der Waals surface area contributed by atoms with Gasteiger partial charge in [-0.1, -0.05) is 23.2 Å². The molecule has 6 N–H and O–H groups in total. The highest BCUT2D eigenvalue weighted by Crippen LogP contribution is 2.40. The minimum absolute atomic E-state index is 0.0655. The summed E-state index contributed by atoms with van der Waals surface area (Å²) in [5.74, 6) is -0.159. The predicted molar refractivity (Wildman–Crippen MR) is 184 cm³/mol. The second-order valence-electron chi connectivity index (χ2n) is 12.1. The first-order chi connectivity index (χ1) is 23.0. The van der Waals surface area contributed by atoms with Gasteiger partial charge < -0.3 is 35.7 Å². The minimum atomic E-state index is -0.517. The molecule has 2 aromatic heterocycles. The maximum atomic E-state index is 12.4. The summed E-state index contributed by atoms with van der Waals surface area (Å²) in [5, 5.41) is 28.5. The van der Waals surface area contributed by atoms with Gasteiger partial charge in [-0.3, -0.25) is 14.4 Å². The van der Waals surface area contributed by atoms with Crippen molar-refractivity contribution in [2.24, 2.45) is 0 Å². The van der Waals surface area contributed by atoms with Gasteiger partial charge >= 0.3 is 0 Å². The molecule has 0 aliphatic carbocycles. The molecule has 2 atom stereocenters. The third-order valence-corrected chi connectivity index (χ3v) is 9.09. The van der Waals surface area contributed by atoms with Crippen LogP contribution in [0.15, 0.2) is 72.8 Å². The Kier molecular flexibility index (Phi) is 7.87. The lowest BCUT2D eigenvalue weighted by atomic mass is 9.95. The van der Waals surface area contributed by atoms with Crippen molar-refractivity contribution in [3.8, 4) is 11.5 Å². The molecule has 6 aromatic rings. The Bertz CT molecular complexity index is 2290. The van der Waals surface area contributed by atoms with Crippen LogP contribution >= 0.6 is 23.2 Å². The summed E-state index contributed by atoms with van der Waals surface area (Å²) >= 11 is 12.3. The first-order valence-electron chi connectivity index (χ1n) is 15.0. The van der Waals surface area contributed by atoms with Crippen LogP contribution < -0.4 is 10.6 Å². The van der Waals surface area contributed by atoms with Crippen molar-refractivity contribution in [3.05, 3.63) is 128 Å². The fourth-order valence-electron chi connectivity index (χ4n) is 6.64. The number of aromatic hydroxyl groups is 2. The Labute approximate surface area is 284 Å². The lowest BCUT2D eigenvalue weighted by Gasteiger charge is -2.17. The van der Waals surface area contributed by atoms with Gasteiger partial charge in [0.2, 0.25) is 0 Å². The number of hydrogen-bond donors (Lipinski definition) is 6. The third-order valence-electron chi connectivity index (χ3n) is 8.62. The number of halogens is 2. The van der Waals surface area contributed by atoms with Gasteiger partial charge in [-0.05, 0) is 98.0 Å². The second-order valence-corrected chi connectivity index (χ2v) is 12.9. The van der Waals surface area contributed by atoms with Crippen LogP contribution in [0.4, 0.5) is 0 Å². The molecule has 0 fully saturated rings. The second kappa shape index (κ2) is 12.1. The van der Waals surface area contributed by atoms with Crippen molar-refractivity contribution in [3.63, 3.8) is 0 Å². The van der Waals surface area contributed by atoms with Gasteiger partial charge in [0, 0.05) is 66.3 Å². The molecule has 0 radical (unpaired) electrons. The van der Waals surface area contributed by atoms with Crippen LogP contribution in [0.5, 0.6) is 11.5 Å². The Hall–Kier alpha value is -5.29. The molecule has 0 bridgehead atoms. The molecule has 8 rings (SSSR count). The van der Waals surface area contributed by atoms with Gasteiger partial charge in [-0.25, -0.2) is 0 Å². The van der Waals surface area contributed by atoms with Crippen LogP contribution in [-0.4, -0.2) is 57.3 Å². The quantitative estimate of drug-likeness (QED) is 0.113. The molecule has 12 heteroatoms. The highest BCUT2D eigenvalue weighted by atomic mass is 35.5. The number of fused-ring (bicyclic) bond motifs is 4. The van der Waals surface area contributed by atoms with E-state index in [0.717, 1.165) is 44.9 Å². The molecule has 2 aliphatic heterocycles. The molecule has 2 amide bonds. The summed E-state index contributed by atoms with van der Waals surface area (Å²) in [6, 6.07) is 19.6. The molecule has 0 spiro atoms. The minimum Gasteiger partial charge on any atom is -0.508 e. The molecule has 0 saturated carbocycles. The lowest BCUT2D eigenvalue weighted by Crippen LogP contribution is -2.22. The smallest absolute Gasteiger partial charge is 0.252 e. The van der Waals surface area contributed by atoms with Crippen molar-refractivity contribution in [1.29, 1.82) is 0 Å². The number of hydrogen-bond acceptors (Lipinski definition) is 6. The maximum Gasteiger partial charge on any atom is 0.252 e. The number of H-pyrrole nitrogens is 2. The first kappa shape index (κ1) is 31.3. The summed E-state index contributed by atoms with van der Waals surface area (Å²) < 4.78 is 0. The number of aromatic nitrogens is 2. The van der Waals surface area contributed by atoms with Crippen LogP contribution in [0.1, 0.15) is 71.2 Å². The summed E-state index contributed by atoms with van der Waals surface area (Å²) in [5.41, 5.74) is 7.26. The van der Waals surface area contributed by atoms with Gasteiger partial charge in [0.25, 0.3) is 11.8 Å². The van der Waals surface area contributed by atoms with Crippen molar-refractivity contribution >= 4 is 63.1 Å². The number of phenols is 2. The van der Waals surface area contributed by atoms with Crippen molar-refractivity contribution in [2.45, 2.75) is 18.6 Å². The Morgan fingerprint density at radius 2 is 1.21 bits per heavy atom. The molecular formula is C36H29Cl2N5O5. The number of carbonyl (C=O) groups excluding carboxylic acids is 3. The number of nitrogens with one attached hydrogen (secondary N) is 4. The van der Waals surface area contributed by atoms with E-state index in [9.17, 15) is 24.6 Å². The van der Waals surface area contributed by atoms with Gasteiger partial charge in [0.15, 0.2) is 6.29 Å². The SMILES string of the molecule is CN(C)Cc1[nH]c2ccc(Cl)cc2c1C1NC(=O)c2ccc(O)cc21.O=Cc1[nH]c2ccc(Cl)cc2c1C1NC(=O)c2ccc(O)cc21. The number of nitrogens with zero attached hydrogens (tertiary/aromatic N) is 1. The monoisotopic (exact) mass is 681 g/mol. The summed E-state index contributed by atoms with van der Waals surface area (Å²) in [6.07, 6.45) is 0.718. The number of amides is 2. The lowest BCUT2D eigenvalue weighted by molar-refractivity contribution is 0.0952. The number of aromatic amines is 2. The molecule has 2 aliphatic rings. The number of benzene rings is 4. The van der Waals surface area contributed by atoms with Crippen LogP contribution in [0.2, 0.25) is 10.0 Å². The molecule has 0 saturated heterocycles. The average Bonchev–Trinajstić information content (AvgIpc) is 3.76. The maximum absolute atomic E-state index is 12.4. The third kappa shape index (κ3) is 5.43. The van der Waals surface area contributed by atoms with E-state index in [1.54, 1.807) is 36.4 Å². The zero-order chi connectivity index (χ0) is 33.9. The topological polar surface area (TPSA) is 151 Å². The summed E-state index contributed by atoms with van der Waals surface area (Å²) in [7, 11) is 3.99. The average molecular weight is 683 g/mol. The van der Waals surface area contributed by atoms with Crippen LogP contribution in [0, 0.1) is 0 Å². The van der Waals surface area contributed by atoms with Crippen molar-refractivity contribution < 1.29 is 24.6 Å². The van der Waals surface area contributed by atoms with E-state index in [2.05, 4.69) is 25.5 Å². The molecule has 10 nitrogen and oxygen atoms in total. The standard InChI is InChI=1S/C19H18ClN3O2.C17H11ClN2O3/c1-23(2)9-16-17(14-7-10(20)3-6-15(14)21-16)18-13-8-11(24)4-5-12(13)19(25)22-18;18-8-1-4-13-12(5-8)15(14(7-21)19-13)16-11-6-9(22)2-3-10(11)17(23)20-16/h3-8,18,21,24H,9H2,1-2H3,(H,22,25);1-7,16,19,22H,(H,20,23). The Morgan fingerprint density at radius 3 is 1.73 bits per heavy atom. The summed E-state index contributed by atoms with van der Waals surface area (Å²) in [4.78, 5) is 44.6. The molecule has 4 aromatic carbocycles. The van der Waals surface area contributed by atoms with Gasteiger partial charge in [-0.15, -0.1) is 0 Å². The fourth-order valence-corrected chi connectivity index (χ4v) is 6.99. The van der Waals surface area contributed by atoms with Gasteiger partial charge in [-0.2, -0.15) is 0 Å². The molecule has 2 unspecified atom stereocenters. The van der Waals surface area contributed by atoms with E-state index in [1.807, 2.05) is 32.3 Å². The van der Waals surface area contributed by atoms with Crippen molar-refractivity contribution in [2.75, 3.05) is 14.1 Å². The van der Waals surface area contributed by atoms with E-state index in [0.29, 0.717) is 44.5 Å². The highest BCUT2D eigenvalue weighted by molar-refractivity contribution is 6.31. The summed E-state index contributed by atoms with van der Waals surface area (Å²) in [6.45, 7) is 0.697. The highest BCUT2D eigenvalue weighted by Gasteiger charge is 2.35. The Balaban J connectivity index is 0.000000152. The molecule has 242 valence electrons. The predicted octanol–water partition coefficient (Wildman–Crippen LogP) is 6.59. The van der Waals surface area contributed by atoms with Crippen LogP contribution in [-0.2, 0) is 6.54 Å². The van der Waals surface area contributed by atoms with E-state index in [-0.39, 0.29) is 29.4 Å². The normalized spacial score (nSPS) is 16.4. The van der Waals surface area contributed by atoms with E-state index >= 15 is 0 Å².